The van der Waals surface area contributed by atoms with E-state index in [2.05, 4.69) is 19.8 Å². The molecule has 2 fully saturated rings. The first-order chi connectivity index (χ1) is 10.2. The summed E-state index contributed by atoms with van der Waals surface area (Å²) in [5.74, 6) is 0.127. The van der Waals surface area contributed by atoms with Gasteiger partial charge in [-0.05, 0) is 25.3 Å². The maximum absolute atomic E-state index is 12.8. The molecule has 110 valence electrons. The Balaban J connectivity index is 1.48. The van der Waals surface area contributed by atoms with E-state index in [0.29, 0.717) is 18.9 Å². The average Bonchev–Trinajstić information content (AvgIpc) is 2.98. The van der Waals surface area contributed by atoms with Crippen molar-refractivity contribution in [1.29, 1.82) is 0 Å². The summed E-state index contributed by atoms with van der Waals surface area (Å²) >= 11 is 0. The van der Waals surface area contributed by atoms with E-state index < -0.39 is 11.3 Å². The molecule has 8 heteroatoms. The largest absolute Gasteiger partial charge is 0.438 e. The number of amides is 1. The van der Waals surface area contributed by atoms with Gasteiger partial charge in [0.2, 0.25) is 0 Å². The van der Waals surface area contributed by atoms with Crippen molar-refractivity contribution in [3.63, 3.8) is 0 Å². The summed E-state index contributed by atoms with van der Waals surface area (Å²) in [6, 6.07) is 1.84. The molecule has 3 heterocycles. The van der Waals surface area contributed by atoms with Crippen LogP contribution in [-0.4, -0.2) is 43.8 Å². The second-order valence-corrected chi connectivity index (χ2v) is 5.72. The van der Waals surface area contributed by atoms with Crippen LogP contribution in [0.4, 0.5) is 0 Å². The maximum atomic E-state index is 12.8. The summed E-state index contributed by atoms with van der Waals surface area (Å²) in [5, 5.41) is 7.93. The van der Waals surface area contributed by atoms with Gasteiger partial charge in [0.15, 0.2) is 5.82 Å². The van der Waals surface area contributed by atoms with Gasteiger partial charge >= 0.3 is 5.76 Å². The lowest BCUT2D eigenvalue weighted by Gasteiger charge is -2.48. The molecule has 0 spiro atoms. The predicted molar refractivity (Wildman–Crippen MR) is 70.5 cm³/mol. The molecule has 0 atom stereocenters. The molecular formula is C13H15N5O3. The van der Waals surface area contributed by atoms with Crippen molar-refractivity contribution < 1.29 is 9.32 Å². The van der Waals surface area contributed by atoms with Gasteiger partial charge in [0.1, 0.15) is 5.54 Å². The zero-order chi connectivity index (χ0) is 14.4. The van der Waals surface area contributed by atoms with Crippen LogP contribution >= 0.6 is 0 Å². The highest BCUT2D eigenvalue weighted by Gasteiger charge is 2.51. The maximum Gasteiger partial charge on any atom is 0.438 e. The zero-order valence-corrected chi connectivity index (χ0v) is 11.4. The van der Waals surface area contributed by atoms with Crippen LogP contribution in [0.1, 0.15) is 31.0 Å². The van der Waals surface area contributed by atoms with Gasteiger partial charge in [0.05, 0.1) is 5.92 Å². The van der Waals surface area contributed by atoms with E-state index in [1.54, 1.807) is 15.8 Å². The van der Waals surface area contributed by atoms with Gasteiger partial charge in [0.25, 0.3) is 5.91 Å². The highest BCUT2D eigenvalue weighted by molar-refractivity contribution is 5.86. The number of rotatable bonds is 3. The van der Waals surface area contributed by atoms with E-state index in [1.165, 1.54) is 0 Å². The molecule has 0 unspecified atom stereocenters. The van der Waals surface area contributed by atoms with Gasteiger partial charge in [0, 0.05) is 25.5 Å². The molecule has 1 aliphatic heterocycles. The van der Waals surface area contributed by atoms with Crippen LogP contribution in [0.3, 0.4) is 0 Å². The molecule has 1 aliphatic carbocycles. The molecule has 1 saturated carbocycles. The number of likely N-dealkylation sites (tertiary alicyclic amines) is 1. The fourth-order valence-electron chi connectivity index (χ4n) is 3.10. The second-order valence-electron chi connectivity index (χ2n) is 5.72. The van der Waals surface area contributed by atoms with E-state index in [1.807, 2.05) is 12.3 Å². The van der Waals surface area contributed by atoms with Crippen LogP contribution in [-0.2, 0) is 10.3 Å². The smallest absolute Gasteiger partial charge is 0.339 e. The number of carbonyl (C=O) groups is 1. The summed E-state index contributed by atoms with van der Waals surface area (Å²) in [7, 11) is 0. The van der Waals surface area contributed by atoms with Crippen molar-refractivity contribution in [3.05, 3.63) is 34.8 Å². The summed E-state index contributed by atoms with van der Waals surface area (Å²) in [5.41, 5.74) is -0.508. The fourth-order valence-corrected chi connectivity index (χ4v) is 3.10. The molecule has 1 N–H and O–H groups in total. The van der Waals surface area contributed by atoms with E-state index in [9.17, 15) is 9.59 Å². The Hall–Kier alpha value is -2.38. The van der Waals surface area contributed by atoms with Gasteiger partial charge in [-0.3, -0.25) is 19.0 Å². The molecule has 4 rings (SSSR count). The fraction of sp³-hybridized carbons (Fsp3) is 0.538. The molecule has 0 bridgehead atoms. The molecule has 8 nitrogen and oxygen atoms in total. The quantitative estimate of drug-likeness (QED) is 0.862. The van der Waals surface area contributed by atoms with Crippen LogP contribution < -0.4 is 5.76 Å². The van der Waals surface area contributed by atoms with Gasteiger partial charge in [-0.15, -0.1) is 0 Å². The Labute approximate surface area is 119 Å². The van der Waals surface area contributed by atoms with Gasteiger partial charge in [-0.25, -0.2) is 4.79 Å². The number of nitrogens with zero attached hydrogens (tertiary/aromatic N) is 4. The Morgan fingerprint density at radius 2 is 2.24 bits per heavy atom. The third-order valence-corrected chi connectivity index (χ3v) is 4.53. The molecule has 21 heavy (non-hydrogen) atoms. The lowest BCUT2D eigenvalue weighted by atomic mass is 9.74. The Morgan fingerprint density at radius 1 is 1.43 bits per heavy atom. The van der Waals surface area contributed by atoms with Crippen LogP contribution in [0.5, 0.6) is 0 Å². The van der Waals surface area contributed by atoms with Crippen molar-refractivity contribution >= 4 is 5.91 Å². The Bertz CT molecular complexity index is 706. The number of nitrogens with one attached hydrogen (secondary N) is 1. The molecule has 1 saturated heterocycles. The number of aromatic nitrogens is 4. The van der Waals surface area contributed by atoms with Crippen LogP contribution in [0.25, 0.3) is 0 Å². The highest BCUT2D eigenvalue weighted by Crippen LogP contribution is 2.42. The number of aromatic amines is 1. The molecule has 0 aromatic carbocycles. The Morgan fingerprint density at radius 3 is 2.76 bits per heavy atom. The van der Waals surface area contributed by atoms with Gasteiger partial charge in [-0.1, -0.05) is 5.16 Å². The second kappa shape index (κ2) is 4.31. The van der Waals surface area contributed by atoms with Crippen molar-refractivity contribution in [2.75, 3.05) is 13.1 Å². The number of H-pyrrole nitrogens is 1. The first-order valence-corrected chi connectivity index (χ1v) is 7.04. The van der Waals surface area contributed by atoms with Crippen LogP contribution in [0.2, 0.25) is 0 Å². The molecule has 2 aromatic rings. The lowest BCUT2D eigenvalue weighted by molar-refractivity contribution is -0.151. The molecule has 1 amide bonds. The van der Waals surface area contributed by atoms with E-state index in [4.69, 9.17) is 0 Å². The number of carbonyl (C=O) groups excluding carboxylic acids is 1. The highest BCUT2D eigenvalue weighted by atomic mass is 16.5. The summed E-state index contributed by atoms with van der Waals surface area (Å²) < 4.78 is 6.28. The molecule has 2 aromatic heterocycles. The monoisotopic (exact) mass is 289 g/mol. The molecular weight excluding hydrogens is 274 g/mol. The number of hydrogen-bond donors (Lipinski definition) is 1. The molecule has 2 aliphatic rings. The minimum Gasteiger partial charge on any atom is -0.339 e. The topological polar surface area (TPSA) is 97.0 Å². The van der Waals surface area contributed by atoms with Crippen LogP contribution in [0.15, 0.2) is 27.8 Å². The minimum atomic E-state index is -0.554. The SMILES string of the molecule is O=C(N1CC(c2noc(=O)[nH]2)C1)C1(n2cccn2)CCC1. The third kappa shape index (κ3) is 1.75. The first kappa shape index (κ1) is 12.4. The van der Waals surface area contributed by atoms with Crippen molar-refractivity contribution in [2.45, 2.75) is 30.7 Å². The number of hydrogen-bond acceptors (Lipinski definition) is 5. The minimum absolute atomic E-state index is 0.0511. The van der Waals surface area contributed by atoms with Crippen molar-refractivity contribution in [3.8, 4) is 0 Å². The van der Waals surface area contributed by atoms with Gasteiger partial charge in [-0.2, -0.15) is 5.10 Å². The normalized spacial score (nSPS) is 20.9. The standard InChI is InChI=1S/C13H15N5O3/c19-11(13(3-1-4-13)18-6-2-5-14-18)17-7-9(8-17)10-15-12(20)21-16-10/h2,5-6,9H,1,3-4,7-8H2,(H,15,16,20). The average molecular weight is 289 g/mol. The lowest BCUT2D eigenvalue weighted by Crippen LogP contribution is -2.60. The van der Waals surface area contributed by atoms with E-state index >= 15 is 0 Å². The Kier molecular flexibility index (Phi) is 2.54. The summed E-state index contributed by atoms with van der Waals surface area (Å²) in [6.45, 7) is 1.12. The molecule has 0 radical (unpaired) electrons. The van der Waals surface area contributed by atoms with E-state index in [0.717, 1.165) is 19.3 Å². The van der Waals surface area contributed by atoms with Gasteiger partial charge < -0.3 is 4.90 Å². The predicted octanol–water partition coefficient (Wildman–Crippen LogP) is 0.0646. The van der Waals surface area contributed by atoms with Crippen molar-refractivity contribution in [1.82, 2.24) is 24.8 Å². The summed E-state index contributed by atoms with van der Waals surface area (Å²) in [4.78, 5) is 28.0. The zero-order valence-electron chi connectivity index (χ0n) is 11.4. The van der Waals surface area contributed by atoms with Crippen LogP contribution in [0, 0.1) is 0 Å². The van der Waals surface area contributed by atoms with Crippen molar-refractivity contribution in [2.24, 2.45) is 0 Å². The first-order valence-electron chi connectivity index (χ1n) is 7.04. The summed E-state index contributed by atoms with van der Waals surface area (Å²) in [6.07, 6.45) is 6.25. The van der Waals surface area contributed by atoms with E-state index in [-0.39, 0.29) is 11.8 Å². The third-order valence-electron chi connectivity index (χ3n) is 4.53.